The molecule has 0 bridgehead atoms. The van der Waals surface area contributed by atoms with E-state index in [0.717, 1.165) is 25.0 Å². The largest absolute Gasteiger partial charge is 0.416 e. The lowest BCUT2D eigenvalue weighted by atomic mass is 10.0. The fourth-order valence-electron chi connectivity index (χ4n) is 2.08. The number of rotatable bonds is 6. The van der Waals surface area contributed by atoms with Crippen LogP contribution in [0.1, 0.15) is 30.1 Å². The van der Waals surface area contributed by atoms with E-state index >= 15 is 0 Å². The van der Waals surface area contributed by atoms with Gasteiger partial charge in [-0.05, 0) is 30.5 Å². The maximum Gasteiger partial charge on any atom is 0.416 e. The smallest absolute Gasteiger partial charge is 0.396 e. The minimum absolute atomic E-state index is 0.0897. The molecular weight excluding hydrogens is 271 g/mol. The summed E-state index contributed by atoms with van der Waals surface area (Å²) in [6.07, 6.45) is -3.52. The van der Waals surface area contributed by atoms with Crippen molar-refractivity contribution in [3.05, 3.63) is 35.4 Å². The fourth-order valence-corrected chi connectivity index (χ4v) is 2.08. The third-order valence-corrected chi connectivity index (χ3v) is 3.73. The molecule has 1 saturated carbocycles. The van der Waals surface area contributed by atoms with Crippen molar-refractivity contribution in [1.82, 2.24) is 5.32 Å². The molecule has 3 nitrogen and oxygen atoms in total. The van der Waals surface area contributed by atoms with Crippen LogP contribution in [0.4, 0.5) is 13.2 Å². The summed E-state index contributed by atoms with van der Waals surface area (Å²) in [4.78, 5) is 0. The van der Waals surface area contributed by atoms with Gasteiger partial charge < -0.3 is 15.5 Å². The van der Waals surface area contributed by atoms with Crippen LogP contribution in [0.3, 0.4) is 0 Å². The van der Waals surface area contributed by atoms with Crippen molar-refractivity contribution in [2.24, 2.45) is 5.41 Å². The highest BCUT2D eigenvalue weighted by molar-refractivity contribution is 5.27. The minimum Gasteiger partial charge on any atom is -0.396 e. The Balaban J connectivity index is 1.90. The fraction of sp³-hybridized carbons (Fsp3) is 0.571. The van der Waals surface area contributed by atoms with Crippen molar-refractivity contribution in [2.45, 2.75) is 25.1 Å². The van der Waals surface area contributed by atoms with Crippen molar-refractivity contribution < 1.29 is 23.4 Å². The molecule has 6 heteroatoms. The van der Waals surface area contributed by atoms with Crippen LogP contribution < -0.4 is 5.32 Å². The van der Waals surface area contributed by atoms with E-state index in [1.165, 1.54) is 12.1 Å². The van der Waals surface area contributed by atoms with Crippen molar-refractivity contribution >= 4 is 0 Å². The van der Waals surface area contributed by atoms with Crippen molar-refractivity contribution in [3.63, 3.8) is 0 Å². The summed E-state index contributed by atoms with van der Waals surface area (Å²) in [6, 6.07) is 4.71. The van der Waals surface area contributed by atoms with Gasteiger partial charge in [0.05, 0.1) is 11.7 Å². The number of hydrogen-bond acceptors (Lipinski definition) is 3. The highest BCUT2D eigenvalue weighted by Crippen LogP contribution is 2.44. The van der Waals surface area contributed by atoms with Crippen molar-refractivity contribution in [1.29, 1.82) is 0 Å². The number of halogens is 3. The molecule has 1 unspecified atom stereocenters. The van der Waals surface area contributed by atoms with Crippen LogP contribution in [0, 0.1) is 5.41 Å². The summed E-state index contributed by atoms with van der Waals surface area (Å²) < 4.78 is 37.7. The quantitative estimate of drug-likeness (QED) is 0.752. The number of nitrogens with one attached hydrogen (secondary N) is 1. The first-order valence-corrected chi connectivity index (χ1v) is 6.53. The molecule has 20 heavy (non-hydrogen) atoms. The summed E-state index contributed by atoms with van der Waals surface area (Å²) in [5.74, 6) is 0. The Bertz CT molecular complexity index is 458. The third-order valence-electron chi connectivity index (χ3n) is 3.73. The molecular formula is C14H18F3NO2. The molecule has 0 radical (unpaired) electrons. The van der Waals surface area contributed by atoms with Gasteiger partial charge in [-0.3, -0.25) is 0 Å². The summed E-state index contributed by atoms with van der Waals surface area (Å²) in [5.41, 5.74) is -0.614. The number of benzene rings is 1. The zero-order chi connectivity index (χ0) is 14.8. The van der Waals surface area contributed by atoms with Gasteiger partial charge in [-0.25, -0.2) is 0 Å². The first-order chi connectivity index (χ1) is 9.36. The Morgan fingerprint density at radius 3 is 2.55 bits per heavy atom. The van der Waals surface area contributed by atoms with Gasteiger partial charge in [-0.2, -0.15) is 13.2 Å². The second-order valence-electron chi connectivity index (χ2n) is 5.43. The normalized spacial score (nSPS) is 18.9. The lowest BCUT2D eigenvalue weighted by molar-refractivity contribution is -0.137. The number of hydrogen-bond donors (Lipinski definition) is 3. The maximum atomic E-state index is 12.6. The SMILES string of the molecule is OCC1(CNCC(O)c2cccc(C(F)(F)F)c2)CC1. The molecule has 1 aliphatic rings. The van der Waals surface area contributed by atoms with Crippen LogP contribution in [0.5, 0.6) is 0 Å². The molecule has 1 aliphatic carbocycles. The summed E-state index contributed by atoms with van der Waals surface area (Å²) in [7, 11) is 0. The molecule has 3 N–H and O–H groups in total. The molecule has 1 atom stereocenters. The second-order valence-corrected chi connectivity index (χ2v) is 5.43. The monoisotopic (exact) mass is 289 g/mol. The van der Waals surface area contributed by atoms with Crippen molar-refractivity contribution in [2.75, 3.05) is 19.7 Å². The van der Waals surface area contributed by atoms with E-state index in [1.54, 1.807) is 0 Å². The number of aliphatic hydroxyl groups is 2. The molecule has 2 rings (SSSR count). The third kappa shape index (κ3) is 3.71. The molecule has 1 fully saturated rings. The maximum absolute atomic E-state index is 12.6. The van der Waals surface area contributed by atoms with Gasteiger partial charge >= 0.3 is 6.18 Å². The van der Waals surface area contributed by atoms with Crippen molar-refractivity contribution in [3.8, 4) is 0 Å². The number of alkyl halides is 3. The lowest BCUT2D eigenvalue weighted by Gasteiger charge is -2.17. The molecule has 0 spiro atoms. The lowest BCUT2D eigenvalue weighted by Crippen LogP contribution is -2.30. The average molecular weight is 289 g/mol. The van der Waals surface area contributed by atoms with E-state index in [9.17, 15) is 18.3 Å². The summed E-state index contributed by atoms with van der Waals surface area (Å²) >= 11 is 0. The molecule has 0 saturated heterocycles. The van der Waals surface area contributed by atoms with E-state index in [1.807, 2.05) is 0 Å². The Kier molecular flexibility index (Phi) is 4.36. The molecule has 1 aromatic carbocycles. The zero-order valence-electron chi connectivity index (χ0n) is 11.0. The molecule has 0 aliphatic heterocycles. The minimum atomic E-state index is -4.40. The zero-order valence-corrected chi connectivity index (χ0v) is 11.0. The van der Waals surface area contributed by atoms with Gasteiger partial charge in [0.2, 0.25) is 0 Å². The first kappa shape index (κ1) is 15.3. The Hall–Kier alpha value is -1.11. The summed E-state index contributed by atoms with van der Waals surface area (Å²) in [5, 5.41) is 22.0. The number of aliphatic hydroxyl groups excluding tert-OH is 2. The van der Waals surface area contributed by atoms with E-state index in [0.29, 0.717) is 6.54 Å². The van der Waals surface area contributed by atoms with Gasteiger partial charge in [-0.15, -0.1) is 0 Å². The topological polar surface area (TPSA) is 52.5 Å². The van der Waals surface area contributed by atoms with Crippen LogP contribution in [-0.2, 0) is 6.18 Å². The standard InChI is InChI=1S/C14H18F3NO2/c15-14(16,17)11-3-1-2-10(6-11)12(20)7-18-8-13(9-19)4-5-13/h1-3,6,12,18-20H,4-5,7-9H2. The molecule has 112 valence electrons. The highest BCUT2D eigenvalue weighted by atomic mass is 19.4. The molecule has 0 heterocycles. The van der Waals surface area contributed by atoms with Gasteiger partial charge in [0.25, 0.3) is 0 Å². The summed E-state index contributed by atoms with van der Waals surface area (Å²) in [6.45, 7) is 0.836. The molecule has 1 aromatic rings. The van der Waals surface area contributed by atoms with Crippen LogP contribution in [0.25, 0.3) is 0 Å². The van der Waals surface area contributed by atoms with Gasteiger partial charge in [-0.1, -0.05) is 12.1 Å². The highest BCUT2D eigenvalue weighted by Gasteiger charge is 2.41. The van der Waals surface area contributed by atoms with E-state index < -0.39 is 17.8 Å². The molecule has 0 amide bonds. The van der Waals surface area contributed by atoms with Gasteiger partial charge in [0.15, 0.2) is 0 Å². The van der Waals surface area contributed by atoms with Gasteiger partial charge in [0.1, 0.15) is 0 Å². The first-order valence-electron chi connectivity index (χ1n) is 6.53. The van der Waals surface area contributed by atoms with E-state index in [4.69, 9.17) is 5.11 Å². The predicted molar refractivity (Wildman–Crippen MR) is 68.0 cm³/mol. The van der Waals surface area contributed by atoms with Gasteiger partial charge in [0, 0.05) is 25.1 Å². The Morgan fingerprint density at radius 1 is 1.30 bits per heavy atom. The predicted octanol–water partition coefficient (Wildman–Crippen LogP) is 2.10. The van der Waals surface area contributed by atoms with E-state index in [-0.39, 0.29) is 24.1 Å². The van der Waals surface area contributed by atoms with E-state index in [2.05, 4.69) is 5.32 Å². The van der Waals surface area contributed by atoms with Crippen LogP contribution in [0.15, 0.2) is 24.3 Å². The second kappa shape index (κ2) is 5.71. The van der Waals surface area contributed by atoms with Crippen LogP contribution >= 0.6 is 0 Å². The Morgan fingerprint density at radius 2 is 2.00 bits per heavy atom. The van der Waals surface area contributed by atoms with Crippen LogP contribution in [0.2, 0.25) is 0 Å². The average Bonchev–Trinajstić information content (AvgIpc) is 3.18. The Labute approximate surface area is 115 Å². The molecule has 0 aromatic heterocycles. The van der Waals surface area contributed by atoms with Crippen LogP contribution in [-0.4, -0.2) is 29.9 Å².